The highest BCUT2D eigenvalue weighted by molar-refractivity contribution is 6.68. The van der Waals surface area contributed by atoms with Crippen LogP contribution in [-0.4, -0.2) is 21.5 Å². The van der Waals surface area contributed by atoms with Gasteiger partial charge in [0, 0.05) is 0 Å². The van der Waals surface area contributed by atoms with E-state index >= 15 is 0 Å². The molecular formula is C3H3Cl3NO2. The molecule has 0 aliphatic carbocycles. The topological polar surface area (TPSA) is 49.3 Å². The van der Waals surface area contributed by atoms with Crippen molar-refractivity contribution in [2.45, 2.75) is 10.0 Å². The van der Waals surface area contributed by atoms with Crippen molar-refractivity contribution in [3.63, 3.8) is 0 Å². The first-order chi connectivity index (χ1) is 3.98. The van der Waals surface area contributed by atoms with Gasteiger partial charge >= 0.3 is 6.41 Å². The van der Waals surface area contributed by atoms with Crippen LogP contribution in [0.2, 0.25) is 0 Å². The van der Waals surface area contributed by atoms with Gasteiger partial charge in [0.2, 0.25) is 3.79 Å². The Labute approximate surface area is 66.9 Å². The number of aliphatic hydroxyl groups is 1. The van der Waals surface area contributed by atoms with Crippen LogP contribution in [0.1, 0.15) is 0 Å². The summed E-state index contributed by atoms with van der Waals surface area (Å²) in [6, 6.07) is 0. The zero-order valence-electron chi connectivity index (χ0n) is 4.07. The zero-order chi connectivity index (χ0) is 7.49. The van der Waals surface area contributed by atoms with Crippen LogP contribution >= 0.6 is 34.8 Å². The number of amides is 1. The zero-order valence-corrected chi connectivity index (χ0v) is 6.33. The molecule has 0 aliphatic heterocycles. The molecule has 1 atom stereocenters. The highest BCUT2D eigenvalue weighted by atomic mass is 35.6. The molecule has 0 bridgehead atoms. The third-order valence-corrected chi connectivity index (χ3v) is 1.13. The second kappa shape index (κ2) is 3.46. The molecule has 0 saturated carbocycles. The Morgan fingerprint density at radius 1 is 1.56 bits per heavy atom. The Bertz CT molecular complexity index is 102. The summed E-state index contributed by atoms with van der Waals surface area (Å²) in [5.41, 5.74) is 0. The van der Waals surface area contributed by atoms with Gasteiger partial charge in [-0.2, -0.15) is 0 Å². The molecule has 2 N–H and O–H groups in total. The molecule has 3 nitrogen and oxygen atoms in total. The van der Waals surface area contributed by atoms with Crippen LogP contribution in [0.5, 0.6) is 0 Å². The summed E-state index contributed by atoms with van der Waals surface area (Å²) in [6.07, 6.45) is -0.343. The fourth-order valence-corrected chi connectivity index (χ4v) is 0.301. The maximum Gasteiger partial charge on any atom is 0.311 e. The molecule has 0 rings (SSSR count). The van der Waals surface area contributed by atoms with Crippen molar-refractivity contribution < 1.29 is 9.90 Å². The molecule has 0 aromatic heterocycles. The third kappa shape index (κ3) is 3.81. The molecule has 53 valence electrons. The first kappa shape index (κ1) is 9.30. The Hall–Kier alpha value is 0.300. The van der Waals surface area contributed by atoms with E-state index in [4.69, 9.17) is 39.9 Å². The van der Waals surface area contributed by atoms with E-state index in [0.29, 0.717) is 0 Å². The molecule has 1 unspecified atom stereocenters. The first-order valence-corrected chi connectivity index (χ1v) is 2.99. The van der Waals surface area contributed by atoms with Crippen molar-refractivity contribution in [3.8, 4) is 0 Å². The van der Waals surface area contributed by atoms with Gasteiger partial charge in [0.1, 0.15) is 0 Å². The van der Waals surface area contributed by atoms with Crippen LogP contribution in [0.4, 0.5) is 0 Å². The molecule has 0 spiro atoms. The third-order valence-electron chi connectivity index (χ3n) is 0.506. The van der Waals surface area contributed by atoms with Gasteiger partial charge < -0.3 is 10.4 Å². The van der Waals surface area contributed by atoms with E-state index in [2.05, 4.69) is 0 Å². The minimum atomic E-state index is -1.89. The van der Waals surface area contributed by atoms with Crippen molar-refractivity contribution in [2.75, 3.05) is 0 Å². The monoisotopic (exact) mass is 190 g/mol. The van der Waals surface area contributed by atoms with Crippen molar-refractivity contribution >= 4 is 41.2 Å². The Balaban J connectivity index is 3.72. The lowest BCUT2D eigenvalue weighted by Crippen LogP contribution is -2.38. The molecule has 0 saturated heterocycles. The first-order valence-electron chi connectivity index (χ1n) is 1.86. The van der Waals surface area contributed by atoms with Crippen LogP contribution in [0.15, 0.2) is 0 Å². The van der Waals surface area contributed by atoms with Crippen molar-refractivity contribution in [2.24, 2.45) is 0 Å². The summed E-state index contributed by atoms with van der Waals surface area (Å²) >= 11 is 15.3. The maximum absolute atomic E-state index is 9.49. The highest BCUT2D eigenvalue weighted by Gasteiger charge is 2.30. The van der Waals surface area contributed by atoms with Gasteiger partial charge in [0.05, 0.1) is 0 Å². The normalized spacial score (nSPS) is 14.7. The lowest BCUT2D eigenvalue weighted by Gasteiger charge is -2.16. The number of hydrogen-bond donors (Lipinski definition) is 2. The minimum absolute atomic E-state index is 1.17. The molecule has 1 amide bonds. The van der Waals surface area contributed by atoms with Crippen molar-refractivity contribution in [3.05, 3.63) is 0 Å². The molecule has 0 heterocycles. The van der Waals surface area contributed by atoms with E-state index in [1.807, 2.05) is 0 Å². The summed E-state index contributed by atoms with van der Waals surface area (Å²) in [6.45, 7) is 0. The Morgan fingerprint density at radius 2 is 2.00 bits per heavy atom. The second-order valence-electron chi connectivity index (χ2n) is 1.19. The van der Waals surface area contributed by atoms with E-state index < -0.39 is 10.0 Å². The summed E-state index contributed by atoms with van der Waals surface area (Å²) in [4.78, 5) is 9.49. The summed E-state index contributed by atoms with van der Waals surface area (Å²) in [7, 11) is 0. The van der Waals surface area contributed by atoms with Crippen LogP contribution in [-0.2, 0) is 4.79 Å². The fourth-order valence-electron chi connectivity index (χ4n) is 0.138. The number of alkyl halides is 3. The van der Waals surface area contributed by atoms with Gasteiger partial charge in [-0.1, -0.05) is 34.8 Å². The minimum Gasteiger partial charge on any atom is -0.369 e. The largest absolute Gasteiger partial charge is 0.369 e. The van der Waals surface area contributed by atoms with E-state index in [9.17, 15) is 4.79 Å². The smallest absolute Gasteiger partial charge is 0.311 e. The lowest BCUT2D eigenvalue weighted by molar-refractivity contribution is 0.162. The van der Waals surface area contributed by atoms with Gasteiger partial charge in [0.15, 0.2) is 6.23 Å². The Morgan fingerprint density at radius 3 is 2.11 bits per heavy atom. The van der Waals surface area contributed by atoms with Crippen LogP contribution in [0, 0.1) is 0 Å². The quantitative estimate of drug-likeness (QED) is 0.375. The van der Waals surface area contributed by atoms with Gasteiger partial charge in [-0.05, 0) is 0 Å². The molecule has 0 aliphatic rings. The van der Waals surface area contributed by atoms with Crippen LogP contribution in [0.3, 0.4) is 0 Å². The average Bonchev–Trinajstić information content (AvgIpc) is 1.64. The molecule has 1 radical (unpaired) electrons. The van der Waals surface area contributed by atoms with Gasteiger partial charge in [-0.15, -0.1) is 0 Å². The van der Waals surface area contributed by atoms with Gasteiger partial charge in [0.25, 0.3) is 0 Å². The summed E-state index contributed by atoms with van der Waals surface area (Å²) < 4.78 is -1.89. The van der Waals surface area contributed by atoms with Crippen LogP contribution in [0.25, 0.3) is 0 Å². The van der Waals surface area contributed by atoms with Crippen molar-refractivity contribution in [1.82, 2.24) is 5.32 Å². The fraction of sp³-hybridized carbons (Fsp3) is 0.667. The molecular weight excluding hydrogens is 188 g/mol. The van der Waals surface area contributed by atoms with Gasteiger partial charge in [-0.25, -0.2) is 0 Å². The standard InChI is InChI=1S/C3H3Cl3NO2/c4-3(5,6)2(9)7-1-8/h2,9H,(H,7,8). The molecule has 0 fully saturated rings. The second-order valence-corrected chi connectivity index (χ2v) is 3.56. The molecule has 0 aromatic rings. The number of aliphatic hydroxyl groups excluding tert-OH is 1. The Kier molecular flexibility index (Phi) is 3.58. The summed E-state index contributed by atoms with van der Waals surface area (Å²) in [5, 5.41) is 10.4. The number of rotatable bonds is 2. The predicted molar refractivity (Wildman–Crippen MR) is 35.1 cm³/mol. The van der Waals surface area contributed by atoms with Crippen LogP contribution < -0.4 is 5.32 Å². The maximum atomic E-state index is 9.49. The molecule has 0 aromatic carbocycles. The molecule has 9 heavy (non-hydrogen) atoms. The van der Waals surface area contributed by atoms with E-state index in [1.165, 1.54) is 6.41 Å². The van der Waals surface area contributed by atoms with E-state index in [-0.39, 0.29) is 0 Å². The lowest BCUT2D eigenvalue weighted by atomic mass is 10.6. The van der Waals surface area contributed by atoms with Crippen molar-refractivity contribution in [1.29, 1.82) is 0 Å². The SMILES string of the molecule is O=[C]NC(O)C(Cl)(Cl)Cl. The van der Waals surface area contributed by atoms with E-state index in [1.54, 1.807) is 5.32 Å². The highest BCUT2D eigenvalue weighted by Crippen LogP contribution is 2.28. The number of halogens is 3. The van der Waals surface area contributed by atoms with Gasteiger partial charge in [-0.3, -0.25) is 4.79 Å². The van der Waals surface area contributed by atoms with E-state index in [0.717, 1.165) is 0 Å². The average molecular weight is 191 g/mol. The predicted octanol–water partition coefficient (Wildman–Crippen LogP) is 0.332. The number of nitrogens with one attached hydrogen (secondary N) is 1. The molecule has 6 heteroatoms. The summed E-state index contributed by atoms with van der Waals surface area (Å²) in [5.74, 6) is 0. The number of carbonyl (C=O) groups excluding carboxylic acids is 1. The number of hydrogen-bond acceptors (Lipinski definition) is 2.